The molecule has 19 heavy (non-hydrogen) atoms. The molecular formula is C14H21N3O2. The number of likely N-dealkylation sites (N-methyl/N-ethyl adjacent to an activating group) is 1. The molecule has 0 aliphatic carbocycles. The van der Waals surface area contributed by atoms with Crippen molar-refractivity contribution >= 4 is 17.5 Å². The topological polar surface area (TPSA) is 75.4 Å². The molecule has 0 heterocycles. The van der Waals surface area contributed by atoms with Crippen LogP contribution in [0.25, 0.3) is 0 Å². The van der Waals surface area contributed by atoms with Gasteiger partial charge in [-0.05, 0) is 25.1 Å². The average molecular weight is 263 g/mol. The summed E-state index contributed by atoms with van der Waals surface area (Å²) in [5.41, 5.74) is 6.72. The van der Waals surface area contributed by atoms with E-state index in [2.05, 4.69) is 5.32 Å². The van der Waals surface area contributed by atoms with Crippen LogP contribution >= 0.6 is 0 Å². The molecule has 5 heteroatoms. The van der Waals surface area contributed by atoms with Gasteiger partial charge in [0.05, 0.1) is 0 Å². The van der Waals surface area contributed by atoms with E-state index in [9.17, 15) is 9.59 Å². The maximum absolute atomic E-state index is 12.2. The van der Waals surface area contributed by atoms with Crippen molar-refractivity contribution in [3.8, 4) is 0 Å². The number of benzene rings is 1. The smallest absolute Gasteiger partial charge is 0.253 e. The normalized spacial score (nSPS) is 11.8. The van der Waals surface area contributed by atoms with Crippen molar-refractivity contribution in [1.82, 2.24) is 4.90 Å². The molecule has 1 aromatic rings. The second-order valence-electron chi connectivity index (χ2n) is 4.48. The number of carbonyl (C=O) groups is 2. The summed E-state index contributed by atoms with van der Waals surface area (Å²) >= 11 is 0. The predicted octanol–water partition coefficient (Wildman–Crippen LogP) is 1.45. The summed E-state index contributed by atoms with van der Waals surface area (Å²) in [6.45, 7) is 4.08. The van der Waals surface area contributed by atoms with E-state index < -0.39 is 0 Å². The zero-order valence-corrected chi connectivity index (χ0v) is 11.6. The predicted molar refractivity (Wildman–Crippen MR) is 76.0 cm³/mol. The molecular weight excluding hydrogens is 242 g/mol. The minimum atomic E-state index is -0.106. The fraction of sp³-hybridized carbons (Fsp3) is 0.429. The summed E-state index contributed by atoms with van der Waals surface area (Å²) < 4.78 is 0. The molecule has 0 aliphatic rings. The molecule has 0 saturated carbocycles. The molecule has 0 radical (unpaired) electrons. The first-order valence-electron chi connectivity index (χ1n) is 6.36. The van der Waals surface area contributed by atoms with Crippen molar-refractivity contribution in [3.63, 3.8) is 0 Å². The van der Waals surface area contributed by atoms with Crippen LogP contribution in [0.3, 0.4) is 0 Å². The number of carbonyl (C=O) groups excluding carboxylic acids is 2. The number of nitrogens with zero attached hydrogens (tertiary/aromatic N) is 1. The van der Waals surface area contributed by atoms with Gasteiger partial charge in [-0.15, -0.1) is 0 Å². The Kier molecular flexibility index (Phi) is 5.51. The largest absolute Gasteiger partial charge is 0.338 e. The fourth-order valence-electron chi connectivity index (χ4n) is 1.54. The number of nitrogens with one attached hydrogen (secondary N) is 1. The molecule has 0 spiro atoms. The molecule has 0 aromatic heterocycles. The lowest BCUT2D eigenvalue weighted by Gasteiger charge is -2.23. The highest BCUT2D eigenvalue weighted by Gasteiger charge is 2.16. The van der Waals surface area contributed by atoms with Crippen LogP contribution in [-0.4, -0.2) is 36.3 Å². The Balaban J connectivity index is 2.87. The Morgan fingerprint density at radius 1 is 1.42 bits per heavy atom. The summed E-state index contributed by atoms with van der Waals surface area (Å²) in [5.74, 6) is -0.182. The molecule has 104 valence electrons. The third-order valence-electron chi connectivity index (χ3n) is 3.04. The number of nitrogens with two attached hydrogens (primary N) is 1. The molecule has 3 N–H and O–H groups in total. The fourth-order valence-corrected chi connectivity index (χ4v) is 1.54. The van der Waals surface area contributed by atoms with Crippen LogP contribution in [0.15, 0.2) is 24.3 Å². The second kappa shape index (κ2) is 6.89. The van der Waals surface area contributed by atoms with Gasteiger partial charge < -0.3 is 16.0 Å². The van der Waals surface area contributed by atoms with Crippen LogP contribution < -0.4 is 11.1 Å². The molecule has 1 unspecified atom stereocenters. The van der Waals surface area contributed by atoms with Crippen molar-refractivity contribution in [2.24, 2.45) is 5.73 Å². The van der Waals surface area contributed by atoms with Crippen molar-refractivity contribution in [2.45, 2.75) is 26.3 Å². The number of anilines is 1. The maximum Gasteiger partial charge on any atom is 0.253 e. The van der Waals surface area contributed by atoms with E-state index in [1.165, 1.54) is 0 Å². The Morgan fingerprint density at radius 3 is 2.68 bits per heavy atom. The first kappa shape index (κ1) is 15.2. The summed E-state index contributed by atoms with van der Waals surface area (Å²) in [6.07, 6.45) is 0.405. The van der Waals surface area contributed by atoms with E-state index in [-0.39, 0.29) is 17.9 Å². The van der Waals surface area contributed by atoms with Gasteiger partial charge in [0.1, 0.15) is 0 Å². The van der Waals surface area contributed by atoms with E-state index in [1.807, 2.05) is 6.92 Å². The molecule has 0 bridgehead atoms. The minimum absolute atomic E-state index is 0.0265. The van der Waals surface area contributed by atoms with Gasteiger partial charge in [0.25, 0.3) is 5.91 Å². The Bertz CT molecular complexity index is 460. The Labute approximate surface area is 113 Å². The zero-order valence-electron chi connectivity index (χ0n) is 11.6. The minimum Gasteiger partial charge on any atom is -0.338 e. The van der Waals surface area contributed by atoms with E-state index in [4.69, 9.17) is 5.73 Å². The summed E-state index contributed by atoms with van der Waals surface area (Å²) in [7, 11) is 1.72. The van der Waals surface area contributed by atoms with Crippen molar-refractivity contribution in [1.29, 1.82) is 0 Å². The van der Waals surface area contributed by atoms with Gasteiger partial charge in [0, 0.05) is 37.3 Å². The highest BCUT2D eigenvalue weighted by atomic mass is 16.2. The third kappa shape index (κ3) is 4.06. The van der Waals surface area contributed by atoms with Crippen LogP contribution in [0.5, 0.6) is 0 Å². The van der Waals surface area contributed by atoms with E-state index in [1.54, 1.807) is 43.1 Å². The van der Waals surface area contributed by atoms with Crippen molar-refractivity contribution in [3.05, 3.63) is 29.8 Å². The highest BCUT2D eigenvalue weighted by Crippen LogP contribution is 2.13. The summed E-state index contributed by atoms with van der Waals surface area (Å²) in [6, 6.07) is 6.89. The van der Waals surface area contributed by atoms with Gasteiger partial charge in [-0.3, -0.25) is 9.59 Å². The average Bonchev–Trinajstić information content (AvgIpc) is 2.44. The first-order valence-corrected chi connectivity index (χ1v) is 6.36. The summed E-state index contributed by atoms with van der Waals surface area (Å²) in [5, 5.41) is 2.73. The van der Waals surface area contributed by atoms with Crippen LogP contribution in [0.2, 0.25) is 0 Å². The third-order valence-corrected chi connectivity index (χ3v) is 3.04. The number of hydrogen-bond acceptors (Lipinski definition) is 3. The van der Waals surface area contributed by atoms with Crippen LogP contribution in [-0.2, 0) is 4.79 Å². The lowest BCUT2D eigenvalue weighted by Crippen LogP contribution is -2.39. The molecule has 2 amide bonds. The van der Waals surface area contributed by atoms with Crippen LogP contribution in [0.1, 0.15) is 30.6 Å². The molecule has 0 fully saturated rings. The molecule has 0 aliphatic heterocycles. The maximum atomic E-state index is 12.2. The lowest BCUT2D eigenvalue weighted by atomic mass is 10.1. The first-order chi connectivity index (χ1) is 8.99. The van der Waals surface area contributed by atoms with Crippen LogP contribution in [0, 0.1) is 0 Å². The van der Waals surface area contributed by atoms with Gasteiger partial charge in [-0.25, -0.2) is 0 Å². The second-order valence-corrected chi connectivity index (χ2v) is 4.48. The standard InChI is InChI=1S/C14H21N3O2/c1-4-13(18)16-12-7-5-6-11(8-12)14(19)17(3)10(2)9-15/h5-8,10H,4,9,15H2,1-3H3,(H,16,18). The Hall–Kier alpha value is -1.88. The SMILES string of the molecule is CCC(=O)Nc1cccc(C(=O)N(C)C(C)CN)c1. The summed E-state index contributed by atoms with van der Waals surface area (Å²) in [4.78, 5) is 25.1. The highest BCUT2D eigenvalue weighted by molar-refractivity contribution is 5.97. The Morgan fingerprint density at radius 2 is 2.11 bits per heavy atom. The van der Waals surface area contributed by atoms with E-state index in [0.717, 1.165) is 0 Å². The van der Waals surface area contributed by atoms with Gasteiger partial charge in [-0.1, -0.05) is 13.0 Å². The van der Waals surface area contributed by atoms with Gasteiger partial charge in [0.15, 0.2) is 0 Å². The molecule has 1 atom stereocenters. The van der Waals surface area contributed by atoms with E-state index in [0.29, 0.717) is 24.2 Å². The molecule has 1 aromatic carbocycles. The zero-order chi connectivity index (χ0) is 14.4. The molecule has 5 nitrogen and oxygen atoms in total. The molecule has 0 saturated heterocycles. The van der Waals surface area contributed by atoms with Gasteiger partial charge in [0.2, 0.25) is 5.91 Å². The van der Waals surface area contributed by atoms with Gasteiger partial charge >= 0.3 is 0 Å². The molecule has 1 rings (SSSR count). The monoisotopic (exact) mass is 263 g/mol. The quantitative estimate of drug-likeness (QED) is 0.844. The van der Waals surface area contributed by atoms with Crippen molar-refractivity contribution < 1.29 is 9.59 Å². The van der Waals surface area contributed by atoms with Crippen LogP contribution in [0.4, 0.5) is 5.69 Å². The number of hydrogen-bond donors (Lipinski definition) is 2. The number of amides is 2. The van der Waals surface area contributed by atoms with E-state index >= 15 is 0 Å². The number of rotatable bonds is 5. The van der Waals surface area contributed by atoms with Gasteiger partial charge in [-0.2, -0.15) is 0 Å². The lowest BCUT2D eigenvalue weighted by molar-refractivity contribution is -0.115. The van der Waals surface area contributed by atoms with Crippen molar-refractivity contribution in [2.75, 3.05) is 18.9 Å².